The van der Waals surface area contributed by atoms with Gasteiger partial charge in [0.05, 0.1) is 21.0 Å². The molecule has 106 valence electrons. The van der Waals surface area contributed by atoms with Crippen LogP contribution >= 0.6 is 15.9 Å². The second-order valence-electron chi connectivity index (χ2n) is 4.03. The van der Waals surface area contributed by atoms with Gasteiger partial charge in [0, 0.05) is 16.1 Å². The molecule has 0 amide bonds. The van der Waals surface area contributed by atoms with Crippen molar-refractivity contribution in [3.8, 4) is 0 Å². The summed E-state index contributed by atoms with van der Waals surface area (Å²) in [6, 6.07) is 5.70. The normalized spacial score (nSPS) is 12.4. The minimum absolute atomic E-state index is 0.0738. The van der Waals surface area contributed by atoms with Gasteiger partial charge in [0.15, 0.2) is 0 Å². The third-order valence-corrected chi connectivity index (χ3v) is 4.50. The van der Waals surface area contributed by atoms with Crippen molar-refractivity contribution < 1.29 is 17.4 Å². The van der Waals surface area contributed by atoms with Gasteiger partial charge in [-0.25, -0.2) is 13.2 Å². The quantitative estimate of drug-likeness (QED) is 0.666. The number of hydrogen-bond acceptors (Lipinski definition) is 2. The highest BCUT2D eigenvalue weighted by Crippen LogP contribution is 2.25. The second kappa shape index (κ2) is 5.97. The Morgan fingerprint density at radius 2 is 1.85 bits per heavy atom. The van der Waals surface area contributed by atoms with E-state index < -0.39 is 34.0 Å². The lowest BCUT2D eigenvalue weighted by molar-refractivity contribution is 0.560. The summed E-state index contributed by atoms with van der Waals surface area (Å²) in [7, 11) is -1.80. The van der Waals surface area contributed by atoms with Crippen LogP contribution in [-0.2, 0) is 16.6 Å². The van der Waals surface area contributed by atoms with Crippen LogP contribution in [0.15, 0.2) is 39.7 Å². The number of rotatable bonds is 3. The molecule has 20 heavy (non-hydrogen) atoms. The fourth-order valence-corrected chi connectivity index (χ4v) is 3.21. The molecule has 2 aromatic carbocycles. The first kappa shape index (κ1) is 15.1. The van der Waals surface area contributed by atoms with E-state index in [2.05, 4.69) is 15.9 Å². The van der Waals surface area contributed by atoms with Crippen molar-refractivity contribution in [3.05, 3.63) is 57.8 Å². The van der Waals surface area contributed by atoms with Crippen molar-refractivity contribution in [1.29, 1.82) is 0 Å². The van der Waals surface area contributed by atoms with Gasteiger partial charge in [-0.3, -0.25) is 4.21 Å². The zero-order chi connectivity index (χ0) is 14.9. The molecular weight excluding hydrogens is 355 g/mol. The average molecular weight is 364 g/mol. The van der Waals surface area contributed by atoms with Crippen LogP contribution in [0.4, 0.5) is 18.9 Å². The molecule has 0 aromatic heterocycles. The summed E-state index contributed by atoms with van der Waals surface area (Å²) in [4.78, 5) is 0.0845. The Bertz CT molecular complexity index is 673. The van der Waals surface area contributed by atoms with E-state index in [9.17, 15) is 17.4 Å². The van der Waals surface area contributed by atoms with Gasteiger partial charge in [-0.1, -0.05) is 0 Å². The molecule has 0 bridgehead atoms. The van der Waals surface area contributed by atoms with Crippen LogP contribution in [0.3, 0.4) is 0 Å². The molecule has 1 atom stereocenters. The van der Waals surface area contributed by atoms with Crippen molar-refractivity contribution >= 4 is 32.4 Å². The fourth-order valence-electron chi connectivity index (χ4n) is 1.63. The predicted molar refractivity (Wildman–Crippen MR) is 75.0 cm³/mol. The third-order valence-electron chi connectivity index (χ3n) is 2.57. The molecule has 0 heterocycles. The van der Waals surface area contributed by atoms with Gasteiger partial charge >= 0.3 is 0 Å². The summed E-state index contributed by atoms with van der Waals surface area (Å²) in [5.74, 6) is -2.67. The second-order valence-corrected chi connectivity index (χ2v) is 6.34. The van der Waals surface area contributed by atoms with Crippen LogP contribution in [0, 0.1) is 17.5 Å². The molecule has 0 saturated heterocycles. The summed E-state index contributed by atoms with van der Waals surface area (Å²) in [6.07, 6.45) is 0. The van der Waals surface area contributed by atoms with Crippen molar-refractivity contribution in [1.82, 2.24) is 0 Å². The number of nitrogens with two attached hydrogens (primary N) is 1. The predicted octanol–water partition coefficient (Wildman–Crippen LogP) is 3.76. The number of benzene rings is 2. The van der Waals surface area contributed by atoms with E-state index in [0.29, 0.717) is 0 Å². The molecule has 1 unspecified atom stereocenters. The molecule has 0 aliphatic heterocycles. The number of hydrogen-bond donors (Lipinski definition) is 1. The van der Waals surface area contributed by atoms with Gasteiger partial charge in [-0.05, 0) is 46.3 Å². The van der Waals surface area contributed by atoms with E-state index in [-0.39, 0.29) is 20.6 Å². The third kappa shape index (κ3) is 3.21. The summed E-state index contributed by atoms with van der Waals surface area (Å²) >= 11 is 2.93. The smallest absolute Gasteiger partial charge is 0.144 e. The highest BCUT2D eigenvalue weighted by atomic mass is 79.9. The summed E-state index contributed by atoms with van der Waals surface area (Å²) in [6.45, 7) is 0. The molecule has 2 nitrogen and oxygen atoms in total. The van der Waals surface area contributed by atoms with Crippen molar-refractivity contribution in [3.63, 3.8) is 0 Å². The minimum atomic E-state index is -1.80. The topological polar surface area (TPSA) is 43.1 Å². The van der Waals surface area contributed by atoms with E-state index in [4.69, 9.17) is 5.73 Å². The Labute approximate surface area is 124 Å². The van der Waals surface area contributed by atoms with Gasteiger partial charge in [-0.15, -0.1) is 0 Å². The Morgan fingerprint density at radius 1 is 1.15 bits per heavy atom. The Balaban J connectivity index is 2.35. The largest absolute Gasteiger partial charge is 0.399 e. The highest BCUT2D eigenvalue weighted by Gasteiger charge is 2.16. The SMILES string of the molecule is Nc1cc(F)cc(S(=O)Cc2c(F)ccc(Br)c2F)c1. The molecule has 7 heteroatoms. The van der Waals surface area contributed by atoms with E-state index in [1.54, 1.807) is 0 Å². The molecule has 0 spiro atoms. The van der Waals surface area contributed by atoms with Gasteiger partial charge in [-0.2, -0.15) is 0 Å². The van der Waals surface area contributed by atoms with Crippen LogP contribution in [0.25, 0.3) is 0 Å². The van der Waals surface area contributed by atoms with E-state index in [1.165, 1.54) is 12.1 Å². The lowest BCUT2D eigenvalue weighted by Crippen LogP contribution is -2.04. The zero-order valence-corrected chi connectivity index (χ0v) is 12.4. The number of nitrogen functional groups attached to an aromatic ring is 1. The summed E-state index contributed by atoms with van der Waals surface area (Å²) in [5, 5.41) is 0. The minimum Gasteiger partial charge on any atom is -0.399 e. The number of anilines is 1. The maximum atomic E-state index is 13.8. The van der Waals surface area contributed by atoms with Gasteiger partial charge in [0.2, 0.25) is 0 Å². The van der Waals surface area contributed by atoms with Crippen LogP contribution < -0.4 is 5.73 Å². The Hall–Kier alpha value is -1.34. The molecule has 0 aliphatic rings. The average Bonchev–Trinajstić information content (AvgIpc) is 2.38. The lowest BCUT2D eigenvalue weighted by atomic mass is 10.2. The molecule has 2 rings (SSSR count). The maximum absolute atomic E-state index is 13.8. The van der Waals surface area contributed by atoms with Crippen molar-refractivity contribution in [2.24, 2.45) is 0 Å². The molecule has 0 fully saturated rings. The van der Waals surface area contributed by atoms with Crippen LogP contribution in [0.1, 0.15) is 5.56 Å². The van der Waals surface area contributed by atoms with Crippen LogP contribution in [-0.4, -0.2) is 4.21 Å². The highest BCUT2D eigenvalue weighted by molar-refractivity contribution is 9.10. The molecule has 2 aromatic rings. The molecule has 0 aliphatic carbocycles. The fraction of sp³-hybridized carbons (Fsp3) is 0.0769. The van der Waals surface area contributed by atoms with Crippen molar-refractivity contribution in [2.45, 2.75) is 10.6 Å². The first-order chi connectivity index (χ1) is 9.38. The monoisotopic (exact) mass is 363 g/mol. The van der Waals surface area contributed by atoms with Gasteiger partial charge in [0.25, 0.3) is 0 Å². The standard InChI is InChI=1S/C13H9BrF3NOS/c14-11-1-2-12(16)10(13(11)17)6-20(19)9-4-7(15)3-8(18)5-9/h1-5H,6,18H2. The lowest BCUT2D eigenvalue weighted by Gasteiger charge is -2.07. The van der Waals surface area contributed by atoms with Crippen LogP contribution in [0.2, 0.25) is 0 Å². The molecule has 0 saturated carbocycles. The molecule has 2 N–H and O–H groups in total. The summed E-state index contributed by atoms with van der Waals surface area (Å²) in [5.41, 5.74) is 5.23. The van der Waals surface area contributed by atoms with E-state index in [0.717, 1.165) is 18.2 Å². The Kier molecular flexibility index (Phi) is 4.49. The van der Waals surface area contributed by atoms with Gasteiger partial charge in [0.1, 0.15) is 17.5 Å². The molecule has 0 radical (unpaired) electrons. The first-order valence-electron chi connectivity index (χ1n) is 5.45. The number of halogens is 4. The first-order valence-corrected chi connectivity index (χ1v) is 7.56. The maximum Gasteiger partial charge on any atom is 0.144 e. The van der Waals surface area contributed by atoms with Gasteiger partial charge < -0.3 is 5.73 Å². The Morgan fingerprint density at radius 3 is 2.50 bits per heavy atom. The van der Waals surface area contributed by atoms with Crippen LogP contribution in [0.5, 0.6) is 0 Å². The van der Waals surface area contributed by atoms with Crippen molar-refractivity contribution in [2.75, 3.05) is 5.73 Å². The summed E-state index contributed by atoms with van der Waals surface area (Å²) < 4.78 is 52.7. The van der Waals surface area contributed by atoms with E-state index in [1.807, 2.05) is 0 Å². The van der Waals surface area contributed by atoms with E-state index >= 15 is 0 Å². The zero-order valence-electron chi connectivity index (χ0n) is 10.00. The molecular formula is C13H9BrF3NOS.